The monoisotopic (exact) mass is 304 g/mol. The zero-order valence-electron chi connectivity index (χ0n) is 13.5. The van der Waals surface area contributed by atoms with Crippen LogP contribution in [-0.2, 0) is 9.53 Å². The summed E-state index contributed by atoms with van der Waals surface area (Å²) in [5, 5.41) is 9.49. The molecule has 0 unspecified atom stereocenters. The predicted molar refractivity (Wildman–Crippen MR) is 87.9 cm³/mol. The minimum Gasteiger partial charge on any atom is -0.504 e. The normalized spacial score (nSPS) is 10.5. The number of hydrogen-bond acceptors (Lipinski definition) is 4. The molecule has 0 bridgehead atoms. The van der Waals surface area contributed by atoms with E-state index in [0.717, 1.165) is 18.4 Å². The minimum absolute atomic E-state index is 0.0995. The predicted octanol–water partition coefficient (Wildman–Crippen LogP) is 4.09. The Bertz CT molecular complexity index is 540. The van der Waals surface area contributed by atoms with Crippen LogP contribution in [0.15, 0.2) is 35.9 Å². The molecule has 0 heterocycles. The third-order valence-electron chi connectivity index (χ3n) is 2.99. The molecule has 0 aromatic heterocycles. The molecule has 22 heavy (non-hydrogen) atoms. The van der Waals surface area contributed by atoms with Crippen molar-refractivity contribution in [1.82, 2.24) is 0 Å². The Morgan fingerprint density at radius 1 is 1.32 bits per heavy atom. The van der Waals surface area contributed by atoms with E-state index < -0.39 is 0 Å². The molecule has 0 saturated heterocycles. The van der Waals surface area contributed by atoms with Gasteiger partial charge in [0.15, 0.2) is 11.5 Å². The Hall–Kier alpha value is -2.23. The maximum atomic E-state index is 11.5. The van der Waals surface area contributed by atoms with E-state index in [1.165, 1.54) is 12.7 Å². The molecular weight excluding hydrogens is 280 g/mol. The van der Waals surface area contributed by atoms with Crippen LogP contribution in [-0.4, -0.2) is 24.8 Å². The number of esters is 1. The van der Waals surface area contributed by atoms with E-state index in [1.54, 1.807) is 24.3 Å². The van der Waals surface area contributed by atoms with Gasteiger partial charge < -0.3 is 14.6 Å². The van der Waals surface area contributed by atoms with Crippen molar-refractivity contribution in [3.8, 4) is 11.5 Å². The molecule has 0 saturated carbocycles. The molecule has 1 aromatic rings. The average Bonchev–Trinajstić information content (AvgIpc) is 2.49. The van der Waals surface area contributed by atoms with Crippen molar-refractivity contribution in [3.63, 3.8) is 0 Å². The second-order valence-electron chi connectivity index (χ2n) is 5.19. The second-order valence-corrected chi connectivity index (χ2v) is 5.19. The van der Waals surface area contributed by atoms with Crippen LogP contribution in [0.3, 0.4) is 0 Å². The fourth-order valence-electron chi connectivity index (χ4n) is 1.83. The van der Waals surface area contributed by atoms with Gasteiger partial charge in [0.25, 0.3) is 0 Å². The third kappa shape index (κ3) is 6.97. The molecule has 0 aliphatic rings. The molecule has 0 amide bonds. The number of phenolic OH excluding ortho intramolecular Hbond substituents is 1. The number of benzene rings is 1. The first-order chi connectivity index (χ1) is 10.5. The first-order valence-corrected chi connectivity index (χ1v) is 7.35. The second kappa shape index (κ2) is 9.66. The minimum atomic E-state index is -0.185. The largest absolute Gasteiger partial charge is 0.504 e. The van der Waals surface area contributed by atoms with Gasteiger partial charge in [-0.3, -0.25) is 4.79 Å². The summed E-state index contributed by atoms with van der Waals surface area (Å²) in [7, 11) is 1.50. The lowest BCUT2D eigenvalue weighted by Crippen LogP contribution is -2.03. The fraction of sp³-hybridized carbons (Fsp3) is 0.389. The van der Waals surface area contributed by atoms with Gasteiger partial charge in [-0.05, 0) is 50.5 Å². The molecular formula is C18H24O4. The Morgan fingerprint density at radius 3 is 2.77 bits per heavy atom. The van der Waals surface area contributed by atoms with Gasteiger partial charge in [-0.15, -0.1) is 0 Å². The molecule has 4 heteroatoms. The van der Waals surface area contributed by atoms with Crippen molar-refractivity contribution in [2.45, 2.75) is 33.1 Å². The molecule has 120 valence electrons. The summed E-state index contributed by atoms with van der Waals surface area (Å²) in [5.41, 5.74) is 2.13. The number of rotatable bonds is 8. The fourth-order valence-corrected chi connectivity index (χ4v) is 1.83. The van der Waals surface area contributed by atoms with E-state index in [2.05, 4.69) is 6.08 Å². The molecule has 1 N–H and O–H groups in total. The van der Waals surface area contributed by atoms with E-state index in [-0.39, 0.29) is 18.3 Å². The molecule has 1 rings (SSSR count). The van der Waals surface area contributed by atoms with Gasteiger partial charge in [0.1, 0.15) is 6.61 Å². The number of unbranched alkanes of at least 4 members (excludes halogenated alkanes) is 1. The number of ether oxygens (including phenoxy) is 2. The van der Waals surface area contributed by atoms with E-state index in [1.807, 2.05) is 19.9 Å². The third-order valence-corrected chi connectivity index (χ3v) is 2.99. The maximum absolute atomic E-state index is 11.5. The number of carbonyl (C=O) groups is 1. The average molecular weight is 304 g/mol. The Labute approximate surface area is 132 Å². The highest BCUT2D eigenvalue weighted by molar-refractivity contribution is 5.69. The lowest BCUT2D eigenvalue weighted by Gasteiger charge is -2.04. The summed E-state index contributed by atoms with van der Waals surface area (Å²) in [5.74, 6) is 0.330. The number of carbonyl (C=O) groups excluding carboxylic acids is 1. The Balaban J connectivity index is 2.31. The molecule has 4 nitrogen and oxygen atoms in total. The summed E-state index contributed by atoms with van der Waals surface area (Å²) in [6, 6.07) is 5.04. The lowest BCUT2D eigenvalue weighted by atomic mass is 10.2. The Kier molecular flexibility index (Phi) is 7.83. The summed E-state index contributed by atoms with van der Waals surface area (Å²) in [6.07, 6.45) is 7.84. The summed E-state index contributed by atoms with van der Waals surface area (Å²) >= 11 is 0. The van der Waals surface area contributed by atoms with Gasteiger partial charge in [0.2, 0.25) is 0 Å². The van der Waals surface area contributed by atoms with E-state index in [0.29, 0.717) is 12.2 Å². The van der Waals surface area contributed by atoms with Crippen molar-refractivity contribution < 1.29 is 19.4 Å². The van der Waals surface area contributed by atoms with Gasteiger partial charge >= 0.3 is 5.97 Å². The van der Waals surface area contributed by atoms with E-state index >= 15 is 0 Å². The van der Waals surface area contributed by atoms with Crippen molar-refractivity contribution in [3.05, 3.63) is 41.5 Å². The van der Waals surface area contributed by atoms with Crippen LogP contribution < -0.4 is 4.74 Å². The molecule has 0 atom stereocenters. The van der Waals surface area contributed by atoms with E-state index in [9.17, 15) is 9.90 Å². The molecule has 0 fully saturated rings. The van der Waals surface area contributed by atoms with Crippen LogP contribution >= 0.6 is 0 Å². The Morgan fingerprint density at radius 2 is 2.09 bits per heavy atom. The summed E-state index contributed by atoms with van der Waals surface area (Å²) < 4.78 is 10.2. The van der Waals surface area contributed by atoms with Crippen LogP contribution in [0.25, 0.3) is 6.08 Å². The number of phenols is 1. The highest BCUT2D eigenvalue weighted by Crippen LogP contribution is 2.26. The van der Waals surface area contributed by atoms with Crippen LogP contribution in [0.2, 0.25) is 0 Å². The van der Waals surface area contributed by atoms with Gasteiger partial charge in [-0.2, -0.15) is 0 Å². The van der Waals surface area contributed by atoms with E-state index in [4.69, 9.17) is 9.47 Å². The standard InChI is InChI=1S/C18H24O4/c1-14(2)7-4-5-9-18(20)22-12-6-8-15-10-11-16(19)17(13-15)21-3/h6-8,10-11,13,19H,4-5,9,12H2,1-3H3/b8-6+. The van der Waals surface area contributed by atoms with Crippen LogP contribution in [0.5, 0.6) is 11.5 Å². The molecule has 1 aromatic carbocycles. The molecule has 0 spiro atoms. The van der Waals surface area contributed by atoms with Gasteiger partial charge in [-0.1, -0.05) is 23.8 Å². The van der Waals surface area contributed by atoms with Crippen molar-refractivity contribution >= 4 is 12.0 Å². The molecule has 0 aliphatic heterocycles. The maximum Gasteiger partial charge on any atom is 0.306 e. The van der Waals surface area contributed by atoms with Gasteiger partial charge in [-0.25, -0.2) is 0 Å². The highest BCUT2D eigenvalue weighted by Gasteiger charge is 2.01. The van der Waals surface area contributed by atoms with Crippen molar-refractivity contribution in [2.75, 3.05) is 13.7 Å². The first kappa shape index (κ1) is 17.8. The van der Waals surface area contributed by atoms with Crippen molar-refractivity contribution in [2.24, 2.45) is 0 Å². The number of allylic oxidation sites excluding steroid dienone is 2. The zero-order valence-corrected chi connectivity index (χ0v) is 13.5. The topological polar surface area (TPSA) is 55.8 Å². The first-order valence-electron chi connectivity index (χ1n) is 7.35. The summed E-state index contributed by atoms with van der Waals surface area (Å²) in [6.45, 7) is 4.33. The van der Waals surface area contributed by atoms with Gasteiger partial charge in [0.05, 0.1) is 7.11 Å². The smallest absolute Gasteiger partial charge is 0.306 e. The number of hydrogen-bond donors (Lipinski definition) is 1. The van der Waals surface area contributed by atoms with Crippen LogP contribution in [0.4, 0.5) is 0 Å². The van der Waals surface area contributed by atoms with Crippen molar-refractivity contribution in [1.29, 1.82) is 0 Å². The van der Waals surface area contributed by atoms with Crippen LogP contribution in [0.1, 0.15) is 38.7 Å². The summed E-state index contributed by atoms with van der Waals surface area (Å²) in [4.78, 5) is 11.5. The highest BCUT2D eigenvalue weighted by atomic mass is 16.5. The zero-order chi connectivity index (χ0) is 16.4. The van der Waals surface area contributed by atoms with Gasteiger partial charge in [0, 0.05) is 6.42 Å². The SMILES string of the molecule is COc1cc(/C=C/COC(=O)CCCC=C(C)C)ccc1O. The lowest BCUT2D eigenvalue weighted by molar-refractivity contribution is -0.142. The molecule has 0 radical (unpaired) electrons. The van der Waals surface area contributed by atoms with Crippen LogP contribution in [0, 0.1) is 0 Å². The quantitative estimate of drug-likeness (QED) is 0.446. The number of methoxy groups -OCH3 is 1. The molecule has 0 aliphatic carbocycles. The number of aromatic hydroxyl groups is 1.